The molecule has 1 N–H and O–H groups in total. The van der Waals surface area contributed by atoms with Crippen molar-refractivity contribution in [2.75, 3.05) is 0 Å². The van der Waals surface area contributed by atoms with Gasteiger partial charge < -0.3 is 10.0 Å². The normalized spacial score (nSPS) is 32.8. The lowest BCUT2D eigenvalue weighted by molar-refractivity contribution is -0.152. The molecule has 2 aliphatic heterocycles. The first kappa shape index (κ1) is 15.7. The maximum Gasteiger partial charge on any atom is 0.311 e. The summed E-state index contributed by atoms with van der Waals surface area (Å²) >= 11 is 0. The molecule has 4 nitrogen and oxygen atoms in total. The van der Waals surface area contributed by atoms with Crippen molar-refractivity contribution in [1.82, 2.24) is 4.90 Å². The summed E-state index contributed by atoms with van der Waals surface area (Å²) in [6, 6.07) is 8.26. The van der Waals surface area contributed by atoms with Gasteiger partial charge in [-0.25, -0.2) is 0 Å². The van der Waals surface area contributed by atoms with Crippen molar-refractivity contribution < 1.29 is 14.7 Å². The smallest absolute Gasteiger partial charge is 0.311 e. The third-order valence-electron chi connectivity index (χ3n) is 6.80. The van der Waals surface area contributed by atoms with E-state index in [1.807, 2.05) is 18.7 Å². The SMILES string of the molecule is CC[C@@]1(C(=O)O)C[C@@H]2CC[C@H]1N2C(=O)C1(c2ccc(C)cc2)CC1. The first-order valence-electron chi connectivity index (χ1n) is 9.08. The summed E-state index contributed by atoms with van der Waals surface area (Å²) in [5.41, 5.74) is 1.17. The minimum absolute atomic E-state index is 0.112. The van der Waals surface area contributed by atoms with Crippen LogP contribution in [0.25, 0.3) is 0 Å². The zero-order valence-corrected chi connectivity index (χ0v) is 14.4. The summed E-state index contributed by atoms with van der Waals surface area (Å²) < 4.78 is 0. The number of rotatable bonds is 4. The Kier molecular flexibility index (Phi) is 3.32. The lowest BCUT2D eigenvalue weighted by atomic mass is 9.72. The lowest BCUT2D eigenvalue weighted by Crippen LogP contribution is -2.47. The number of benzene rings is 1. The van der Waals surface area contributed by atoms with E-state index in [1.54, 1.807) is 0 Å². The topological polar surface area (TPSA) is 57.6 Å². The fraction of sp³-hybridized carbons (Fsp3) is 0.600. The van der Waals surface area contributed by atoms with Crippen LogP contribution in [0.5, 0.6) is 0 Å². The summed E-state index contributed by atoms with van der Waals surface area (Å²) in [6.07, 6.45) is 4.79. The van der Waals surface area contributed by atoms with E-state index in [1.165, 1.54) is 5.56 Å². The Morgan fingerprint density at radius 1 is 1.21 bits per heavy atom. The van der Waals surface area contributed by atoms with Crippen molar-refractivity contribution >= 4 is 11.9 Å². The van der Waals surface area contributed by atoms with Crippen molar-refractivity contribution in [3.05, 3.63) is 35.4 Å². The number of carbonyl (C=O) groups excluding carboxylic acids is 1. The Hall–Kier alpha value is -1.84. The van der Waals surface area contributed by atoms with Crippen LogP contribution in [-0.2, 0) is 15.0 Å². The summed E-state index contributed by atoms with van der Waals surface area (Å²) in [7, 11) is 0. The predicted octanol–water partition coefficient (Wildman–Crippen LogP) is 3.27. The number of aryl methyl sites for hydroxylation is 1. The Balaban J connectivity index is 1.66. The standard InChI is InChI=1S/C20H25NO3/c1-3-19(18(23)24)12-15-8-9-16(19)21(15)17(22)20(10-11-20)14-6-4-13(2)5-7-14/h4-7,15-16H,3,8-12H2,1-2H3,(H,23,24)/t15-,16+,19+/m0/s1. The van der Waals surface area contributed by atoms with E-state index in [4.69, 9.17) is 0 Å². The minimum atomic E-state index is -0.734. The number of aliphatic carboxylic acids is 1. The Morgan fingerprint density at radius 3 is 2.38 bits per heavy atom. The van der Waals surface area contributed by atoms with Crippen LogP contribution in [0.3, 0.4) is 0 Å². The van der Waals surface area contributed by atoms with E-state index in [0.717, 1.165) is 31.2 Å². The van der Waals surface area contributed by atoms with Crippen LogP contribution in [0.15, 0.2) is 24.3 Å². The van der Waals surface area contributed by atoms with Gasteiger partial charge in [-0.05, 0) is 51.0 Å². The van der Waals surface area contributed by atoms with Crippen LogP contribution in [0, 0.1) is 12.3 Å². The molecule has 1 aliphatic carbocycles. The molecule has 2 saturated heterocycles. The molecule has 3 atom stereocenters. The molecule has 128 valence electrons. The second-order valence-corrected chi connectivity index (χ2v) is 7.93. The molecule has 24 heavy (non-hydrogen) atoms. The number of hydrogen-bond acceptors (Lipinski definition) is 2. The predicted molar refractivity (Wildman–Crippen MR) is 90.7 cm³/mol. The largest absolute Gasteiger partial charge is 0.481 e. The molecule has 1 amide bonds. The molecular formula is C20H25NO3. The van der Waals surface area contributed by atoms with E-state index in [-0.39, 0.29) is 18.0 Å². The van der Waals surface area contributed by atoms with Gasteiger partial charge in [0.05, 0.1) is 10.8 Å². The van der Waals surface area contributed by atoms with E-state index in [2.05, 4.69) is 24.3 Å². The van der Waals surface area contributed by atoms with Gasteiger partial charge in [0.2, 0.25) is 5.91 Å². The average Bonchev–Trinajstić information content (AvgIpc) is 3.20. The van der Waals surface area contributed by atoms with Crippen LogP contribution in [0.4, 0.5) is 0 Å². The minimum Gasteiger partial charge on any atom is -0.481 e. The van der Waals surface area contributed by atoms with Gasteiger partial charge >= 0.3 is 5.97 Å². The summed E-state index contributed by atoms with van der Waals surface area (Å²) in [4.78, 5) is 27.4. The van der Waals surface area contributed by atoms with Gasteiger partial charge in [-0.1, -0.05) is 36.8 Å². The Labute approximate surface area is 142 Å². The zero-order valence-electron chi connectivity index (χ0n) is 14.4. The lowest BCUT2D eigenvalue weighted by Gasteiger charge is -2.33. The molecule has 0 spiro atoms. The van der Waals surface area contributed by atoms with Crippen molar-refractivity contribution in [3.63, 3.8) is 0 Å². The summed E-state index contributed by atoms with van der Waals surface area (Å²) in [5, 5.41) is 9.81. The van der Waals surface area contributed by atoms with Crippen LogP contribution in [0.1, 0.15) is 56.6 Å². The summed E-state index contributed by atoms with van der Waals surface area (Å²) in [6.45, 7) is 4.00. The molecule has 3 aliphatic rings. The van der Waals surface area contributed by atoms with Gasteiger partial charge in [0.25, 0.3) is 0 Å². The zero-order chi connectivity index (χ0) is 17.1. The molecule has 3 fully saturated rings. The first-order valence-corrected chi connectivity index (χ1v) is 9.08. The monoisotopic (exact) mass is 327 g/mol. The molecule has 0 radical (unpaired) electrons. The number of carboxylic acids is 1. The van der Waals surface area contributed by atoms with Crippen LogP contribution in [-0.4, -0.2) is 34.0 Å². The van der Waals surface area contributed by atoms with Gasteiger partial charge in [-0.2, -0.15) is 0 Å². The van der Waals surface area contributed by atoms with Crippen molar-refractivity contribution in [2.45, 2.75) is 69.9 Å². The number of carboxylic acid groups (broad SMARTS) is 1. The van der Waals surface area contributed by atoms with Gasteiger partial charge in [-0.3, -0.25) is 9.59 Å². The van der Waals surface area contributed by atoms with Crippen LogP contribution < -0.4 is 0 Å². The van der Waals surface area contributed by atoms with Crippen LogP contribution >= 0.6 is 0 Å². The molecule has 4 rings (SSSR count). The molecule has 2 bridgehead atoms. The fourth-order valence-corrected chi connectivity index (χ4v) is 5.12. The molecule has 0 aromatic heterocycles. The third-order valence-corrected chi connectivity index (χ3v) is 6.80. The van der Waals surface area contributed by atoms with Gasteiger partial charge in [0.15, 0.2) is 0 Å². The first-order chi connectivity index (χ1) is 11.4. The molecule has 0 unspecified atom stereocenters. The number of hydrogen-bond donors (Lipinski definition) is 1. The number of fused-ring (bicyclic) bond motifs is 2. The van der Waals surface area contributed by atoms with Crippen LogP contribution in [0.2, 0.25) is 0 Å². The van der Waals surface area contributed by atoms with Crippen molar-refractivity contribution in [2.24, 2.45) is 5.41 Å². The van der Waals surface area contributed by atoms with E-state index in [0.29, 0.717) is 12.8 Å². The van der Waals surface area contributed by atoms with E-state index in [9.17, 15) is 14.7 Å². The Morgan fingerprint density at radius 2 is 1.88 bits per heavy atom. The Bertz CT molecular complexity index is 691. The highest BCUT2D eigenvalue weighted by molar-refractivity contribution is 5.93. The second-order valence-electron chi connectivity index (χ2n) is 7.93. The summed E-state index contributed by atoms with van der Waals surface area (Å²) in [5.74, 6) is -0.550. The third kappa shape index (κ3) is 1.92. The highest BCUT2D eigenvalue weighted by Gasteiger charge is 2.64. The van der Waals surface area contributed by atoms with Crippen molar-refractivity contribution in [3.8, 4) is 0 Å². The molecule has 1 aromatic carbocycles. The second kappa shape index (κ2) is 5.08. The maximum absolute atomic E-state index is 13.4. The quantitative estimate of drug-likeness (QED) is 0.923. The molecule has 4 heteroatoms. The molecule has 1 aromatic rings. The van der Waals surface area contributed by atoms with Gasteiger partial charge in [0, 0.05) is 12.1 Å². The number of carbonyl (C=O) groups is 2. The van der Waals surface area contributed by atoms with E-state index < -0.39 is 16.8 Å². The molecule has 1 saturated carbocycles. The fourth-order valence-electron chi connectivity index (χ4n) is 5.12. The van der Waals surface area contributed by atoms with Crippen molar-refractivity contribution in [1.29, 1.82) is 0 Å². The number of amides is 1. The molecular weight excluding hydrogens is 302 g/mol. The van der Waals surface area contributed by atoms with E-state index >= 15 is 0 Å². The molecule has 2 heterocycles. The average molecular weight is 327 g/mol. The van der Waals surface area contributed by atoms with Gasteiger partial charge in [-0.15, -0.1) is 0 Å². The number of nitrogens with zero attached hydrogens (tertiary/aromatic N) is 1. The highest BCUT2D eigenvalue weighted by Crippen LogP contribution is 2.57. The van der Waals surface area contributed by atoms with Gasteiger partial charge in [0.1, 0.15) is 0 Å². The maximum atomic E-state index is 13.4. The highest BCUT2D eigenvalue weighted by atomic mass is 16.4.